The standard InChI is InChI=1S/C12H19NOS/c1-4-10(3)13-6-5-11(14)12-7-9(2)8-15-12/h7-8,10,13H,4-6H2,1-3H3. The highest BCUT2D eigenvalue weighted by Gasteiger charge is 2.08. The molecule has 2 nitrogen and oxygen atoms in total. The first-order valence-corrected chi connectivity index (χ1v) is 6.33. The fraction of sp³-hybridized carbons (Fsp3) is 0.583. The first-order valence-electron chi connectivity index (χ1n) is 5.45. The third-order valence-electron chi connectivity index (χ3n) is 2.46. The predicted octanol–water partition coefficient (Wildman–Crippen LogP) is 3.02. The van der Waals surface area contributed by atoms with Gasteiger partial charge in [0.05, 0.1) is 4.88 Å². The van der Waals surface area contributed by atoms with Gasteiger partial charge in [-0.15, -0.1) is 11.3 Å². The molecular formula is C12H19NOS. The Hall–Kier alpha value is -0.670. The molecule has 0 fully saturated rings. The maximum Gasteiger partial charge on any atom is 0.174 e. The van der Waals surface area contributed by atoms with E-state index in [1.54, 1.807) is 11.3 Å². The number of carbonyl (C=O) groups excluding carboxylic acids is 1. The summed E-state index contributed by atoms with van der Waals surface area (Å²) >= 11 is 1.54. The summed E-state index contributed by atoms with van der Waals surface area (Å²) in [6.45, 7) is 7.08. The van der Waals surface area contributed by atoms with Crippen LogP contribution in [0.3, 0.4) is 0 Å². The fourth-order valence-corrected chi connectivity index (χ4v) is 2.15. The predicted molar refractivity (Wildman–Crippen MR) is 65.8 cm³/mol. The molecule has 1 heterocycles. The first kappa shape index (κ1) is 12.4. The molecule has 1 aromatic rings. The first-order chi connectivity index (χ1) is 7.13. The molecule has 0 amide bonds. The zero-order valence-corrected chi connectivity index (χ0v) is 10.5. The van der Waals surface area contributed by atoms with Gasteiger partial charge in [0.2, 0.25) is 0 Å². The van der Waals surface area contributed by atoms with Crippen molar-refractivity contribution in [1.82, 2.24) is 5.32 Å². The van der Waals surface area contributed by atoms with E-state index in [0.29, 0.717) is 12.5 Å². The summed E-state index contributed by atoms with van der Waals surface area (Å²) in [6.07, 6.45) is 1.70. The van der Waals surface area contributed by atoms with E-state index in [4.69, 9.17) is 0 Å². The highest BCUT2D eigenvalue weighted by atomic mass is 32.1. The fourth-order valence-electron chi connectivity index (χ4n) is 1.28. The molecule has 0 radical (unpaired) electrons. The normalized spacial score (nSPS) is 12.7. The Bertz CT molecular complexity index is 319. The maximum atomic E-state index is 11.7. The second kappa shape index (κ2) is 6.03. The molecule has 1 N–H and O–H groups in total. The zero-order chi connectivity index (χ0) is 11.3. The lowest BCUT2D eigenvalue weighted by Gasteiger charge is -2.09. The molecule has 1 rings (SSSR count). The monoisotopic (exact) mass is 225 g/mol. The van der Waals surface area contributed by atoms with E-state index in [0.717, 1.165) is 17.8 Å². The molecule has 0 saturated carbocycles. The van der Waals surface area contributed by atoms with Gasteiger partial charge >= 0.3 is 0 Å². The van der Waals surface area contributed by atoms with Gasteiger partial charge in [-0.2, -0.15) is 0 Å². The van der Waals surface area contributed by atoms with Crippen molar-refractivity contribution in [2.75, 3.05) is 6.54 Å². The Morgan fingerprint density at radius 3 is 2.87 bits per heavy atom. The quantitative estimate of drug-likeness (QED) is 0.754. The molecule has 0 spiro atoms. The van der Waals surface area contributed by atoms with Crippen molar-refractivity contribution in [3.63, 3.8) is 0 Å². The summed E-state index contributed by atoms with van der Waals surface area (Å²) in [5.74, 6) is 0.254. The van der Waals surface area contributed by atoms with Crippen molar-refractivity contribution in [1.29, 1.82) is 0 Å². The summed E-state index contributed by atoms with van der Waals surface area (Å²) < 4.78 is 0. The van der Waals surface area contributed by atoms with Crippen LogP contribution in [0.2, 0.25) is 0 Å². The molecule has 15 heavy (non-hydrogen) atoms. The van der Waals surface area contributed by atoms with Crippen molar-refractivity contribution in [3.05, 3.63) is 21.9 Å². The lowest BCUT2D eigenvalue weighted by atomic mass is 10.2. The van der Waals surface area contributed by atoms with Gasteiger partial charge in [0.25, 0.3) is 0 Å². The van der Waals surface area contributed by atoms with Crippen LogP contribution in [0.15, 0.2) is 11.4 Å². The number of Topliss-reactive ketones (excluding diaryl/α,β-unsaturated/α-hetero) is 1. The average Bonchev–Trinajstić information content (AvgIpc) is 2.64. The summed E-state index contributed by atoms with van der Waals surface area (Å²) in [4.78, 5) is 12.6. The molecule has 0 aliphatic carbocycles. The summed E-state index contributed by atoms with van der Waals surface area (Å²) in [7, 11) is 0. The topological polar surface area (TPSA) is 29.1 Å². The molecule has 0 aliphatic rings. The van der Waals surface area contributed by atoms with E-state index in [1.165, 1.54) is 5.56 Å². The van der Waals surface area contributed by atoms with Crippen LogP contribution >= 0.6 is 11.3 Å². The number of carbonyl (C=O) groups is 1. The summed E-state index contributed by atoms with van der Waals surface area (Å²) in [5, 5.41) is 5.35. The number of ketones is 1. The van der Waals surface area contributed by atoms with Crippen molar-refractivity contribution in [2.45, 2.75) is 39.7 Å². The van der Waals surface area contributed by atoms with Gasteiger partial charge in [0, 0.05) is 19.0 Å². The third kappa shape index (κ3) is 4.14. The van der Waals surface area contributed by atoms with E-state index in [-0.39, 0.29) is 5.78 Å². The third-order valence-corrected chi connectivity index (χ3v) is 3.55. The number of hydrogen-bond acceptors (Lipinski definition) is 3. The van der Waals surface area contributed by atoms with Gasteiger partial charge < -0.3 is 5.32 Å². The van der Waals surface area contributed by atoms with Gasteiger partial charge in [-0.25, -0.2) is 0 Å². The van der Waals surface area contributed by atoms with E-state index in [9.17, 15) is 4.79 Å². The van der Waals surface area contributed by atoms with Crippen LogP contribution in [0.1, 0.15) is 41.9 Å². The molecule has 3 heteroatoms. The highest BCUT2D eigenvalue weighted by Crippen LogP contribution is 2.15. The minimum atomic E-state index is 0.254. The molecule has 0 bridgehead atoms. The SMILES string of the molecule is CCC(C)NCCC(=O)c1cc(C)cs1. The molecule has 0 aliphatic heterocycles. The Balaban J connectivity index is 2.31. The van der Waals surface area contributed by atoms with Crippen LogP contribution < -0.4 is 5.32 Å². The van der Waals surface area contributed by atoms with Crippen LogP contribution in [-0.2, 0) is 0 Å². The maximum absolute atomic E-state index is 11.7. The molecule has 0 aromatic carbocycles. The van der Waals surface area contributed by atoms with E-state index < -0.39 is 0 Å². The van der Waals surface area contributed by atoms with Gasteiger partial charge in [0.15, 0.2) is 5.78 Å². The molecule has 1 atom stereocenters. The van der Waals surface area contributed by atoms with E-state index in [2.05, 4.69) is 19.2 Å². The van der Waals surface area contributed by atoms with Gasteiger partial charge in [0.1, 0.15) is 0 Å². The molecule has 1 unspecified atom stereocenters. The number of nitrogens with one attached hydrogen (secondary N) is 1. The smallest absolute Gasteiger partial charge is 0.174 e. The zero-order valence-electron chi connectivity index (χ0n) is 9.67. The summed E-state index contributed by atoms with van der Waals surface area (Å²) in [6, 6.07) is 2.47. The van der Waals surface area contributed by atoms with Crippen LogP contribution in [0.5, 0.6) is 0 Å². The van der Waals surface area contributed by atoms with Crippen LogP contribution in [0, 0.1) is 6.92 Å². The van der Waals surface area contributed by atoms with Crippen molar-refractivity contribution in [3.8, 4) is 0 Å². The van der Waals surface area contributed by atoms with Gasteiger partial charge in [-0.05, 0) is 37.3 Å². The Kier molecular flexibility index (Phi) is 4.99. The lowest BCUT2D eigenvalue weighted by molar-refractivity contribution is 0.0985. The Labute approximate surface area is 95.7 Å². The molecule has 1 aromatic heterocycles. The summed E-state index contributed by atoms with van der Waals surface area (Å²) in [5.41, 5.74) is 1.18. The Morgan fingerprint density at radius 1 is 1.60 bits per heavy atom. The molecule has 0 saturated heterocycles. The van der Waals surface area contributed by atoms with E-state index in [1.807, 2.05) is 18.4 Å². The molecule has 84 valence electrons. The molecular weight excluding hydrogens is 206 g/mol. The Morgan fingerprint density at radius 2 is 2.33 bits per heavy atom. The number of aryl methyl sites for hydroxylation is 1. The van der Waals surface area contributed by atoms with Gasteiger partial charge in [-0.1, -0.05) is 6.92 Å². The van der Waals surface area contributed by atoms with Crippen molar-refractivity contribution >= 4 is 17.1 Å². The van der Waals surface area contributed by atoms with Crippen molar-refractivity contribution in [2.24, 2.45) is 0 Å². The van der Waals surface area contributed by atoms with Crippen LogP contribution in [0.25, 0.3) is 0 Å². The average molecular weight is 225 g/mol. The minimum Gasteiger partial charge on any atom is -0.314 e. The van der Waals surface area contributed by atoms with Crippen LogP contribution in [-0.4, -0.2) is 18.4 Å². The number of thiophene rings is 1. The minimum absolute atomic E-state index is 0.254. The van der Waals surface area contributed by atoms with E-state index >= 15 is 0 Å². The lowest BCUT2D eigenvalue weighted by Crippen LogP contribution is -2.27. The largest absolute Gasteiger partial charge is 0.314 e. The van der Waals surface area contributed by atoms with Crippen molar-refractivity contribution < 1.29 is 4.79 Å². The van der Waals surface area contributed by atoms with Gasteiger partial charge in [-0.3, -0.25) is 4.79 Å². The number of rotatable bonds is 6. The number of hydrogen-bond donors (Lipinski definition) is 1. The van der Waals surface area contributed by atoms with Crippen LogP contribution in [0.4, 0.5) is 0 Å². The second-order valence-electron chi connectivity index (χ2n) is 3.92. The highest BCUT2D eigenvalue weighted by molar-refractivity contribution is 7.12. The second-order valence-corrected chi connectivity index (χ2v) is 4.84.